The zero-order valence-corrected chi connectivity index (χ0v) is 59.8. The molecular formula is C78H64Cl4F12N4O9. The van der Waals surface area contributed by atoms with Crippen molar-refractivity contribution >= 4 is 87.1 Å². The van der Waals surface area contributed by atoms with Gasteiger partial charge in [-0.3, -0.25) is 15.0 Å². The Hall–Kier alpha value is -9.73. The Kier molecular flexibility index (Phi) is 25.9. The number of hydrogen-bond donors (Lipinski definition) is 4. The first-order valence-electron chi connectivity index (χ1n) is 32.7. The standard InChI is InChI=1S/C22H17ClF3NO3.C21H19ClF3NO2.C16H13ClF3NO2.C14H9ClF3NO2.C5H6/c1-29-17-7-4-15(5-8-17)13-27-19-9-6-16(23)12-18(19)21(22(24,25)26,30-20(27)28)11-10-14-2-3-14;1-28-17-7-4-15(5-8-17)13-26-19-9-6-16(22)12-18(19)20(27,21(23,24)25)11-10-14-2-3-14;1-23-12-5-2-10(3-6-12)9-21-14-7-4-11(17)8-13(14)15(22)16(18,19)20;15-9-3-4-11-10(7-9)13(14(16,17)18,21-12(20)19-11)6-5-8-1-2-8;1-2-5-3-4-5/h4-9,12,14H,2-3,13H2,1H3;4-9,12,14,26-27H,2-3,13H2,1H3;2-8,21H,9H2,1H3;3-4,7-8H,1-2H2,(H,19,20);1,5H,3-4H2/t21-;20-;;13-;/m00.0./s1. The largest absolute Gasteiger partial charge is 0.497 e. The predicted octanol–water partition coefficient (Wildman–Crippen LogP) is 20.6. The van der Waals surface area contributed by atoms with E-state index in [1.807, 2.05) is 0 Å². The van der Waals surface area contributed by atoms with Crippen LogP contribution in [0.2, 0.25) is 20.1 Å². The summed E-state index contributed by atoms with van der Waals surface area (Å²) in [7, 11) is 4.61. The Morgan fingerprint density at radius 2 is 0.972 bits per heavy atom. The summed E-state index contributed by atoms with van der Waals surface area (Å²) in [5.41, 5.74) is -8.22. The Morgan fingerprint density at radius 1 is 0.551 bits per heavy atom. The maximum Gasteiger partial charge on any atom is 0.454 e. The fourth-order valence-electron chi connectivity index (χ4n) is 10.1. The number of rotatable bonds is 13. The number of nitrogens with zero attached hydrogens (tertiary/aromatic N) is 1. The number of alkyl halides is 12. The Bertz CT molecular complexity index is 4620. The van der Waals surface area contributed by atoms with Gasteiger partial charge in [0.2, 0.25) is 5.60 Å². The number of carbonyl (C=O) groups is 3. The summed E-state index contributed by atoms with van der Waals surface area (Å²) >= 11 is 23.4. The fraction of sp³-hybridized carbons (Fsp3) is 0.321. The number of Topliss-reactive ketones (excluding diaryl/α,β-unsaturated/α-hetero) is 1. The topological polar surface area (TPSA) is 157 Å². The van der Waals surface area contributed by atoms with Crippen LogP contribution >= 0.6 is 46.4 Å². The van der Waals surface area contributed by atoms with E-state index in [0.717, 1.165) is 72.8 Å². The molecule has 4 fully saturated rings. The van der Waals surface area contributed by atoms with Crippen LogP contribution in [0.4, 0.5) is 85.0 Å². The minimum Gasteiger partial charge on any atom is -0.497 e. The molecule has 29 heteroatoms. The van der Waals surface area contributed by atoms with Crippen LogP contribution in [0, 0.1) is 71.5 Å². The molecule has 4 aliphatic carbocycles. The van der Waals surface area contributed by atoms with E-state index in [4.69, 9.17) is 71.8 Å². The SMILES string of the molecule is C#CC1CC1.COc1ccc(CN2C(=O)O[C@](C#CC3CC3)(C(F)(F)F)c3cc(Cl)ccc32)cc1.COc1ccc(CNc2ccc(Cl)cc2C(=O)C(F)(F)F)cc1.COc1ccc(CNc2ccc(Cl)cc2[C@@](O)(C#CC2CC2)C(F)(F)F)cc1.O=C1Nc2ccc(Cl)cc2[C@@](C#CC2CC2)(C(F)(F)F)O1. The molecule has 6 aliphatic rings. The third kappa shape index (κ3) is 21.1. The maximum atomic E-state index is 14.2. The number of cyclic esters (lactones) is 2. The average Bonchev–Trinajstić information content (AvgIpc) is 1.08. The second-order valence-corrected chi connectivity index (χ2v) is 26.7. The molecule has 13 nitrogen and oxygen atoms in total. The van der Waals surface area contributed by atoms with Gasteiger partial charge in [-0.05, 0) is 189 Å². The first kappa shape index (κ1) is 81.3. The second-order valence-electron chi connectivity index (χ2n) is 24.9. The summed E-state index contributed by atoms with van der Waals surface area (Å²) in [6, 6.07) is 36.5. The number of terminal acetylenes is 1. The highest BCUT2D eigenvalue weighted by molar-refractivity contribution is 6.32. The minimum absolute atomic E-state index is 0.00179. The van der Waals surface area contributed by atoms with Crippen LogP contribution in [-0.2, 0) is 45.9 Å². The van der Waals surface area contributed by atoms with Crippen LogP contribution in [0.5, 0.6) is 17.2 Å². The van der Waals surface area contributed by atoms with E-state index >= 15 is 0 Å². The number of hydrogen-bond acceptors (Lipinski definition) is 11. The van der Waals surface area contributed by atoms with Gasteiger partial charge in [0, 0.05) is 84.9 Å². The summed E-state index contributed by atoms with van der Waals surface area (Å²) in [6.07, 6.45) is -10.0. The van der Waals surface area contributed by atoms with Gasteiger partial charge in [-0.25, -0.2) is 9.59 Å². The number of halogens is 16. The molecule has 2 aliphatic heterocycles. The highest BCUT2D eigenvalue weighted by Crippen LogP contribution is 2.52. The Balaban J connectivity index is 0.000000162. The van der Waals surface area contributed by atoms with E-state index in [1.165, 1.54) is 81.7 Å². The molecule has 0 saturated heterocycles. The average molecular weight is 1570 g/mol. The van der Waals surface area contributed by atoms with Crippen molar-refractivity contribution < 1.29 is 95.9 Å². The molecule has 7 aromatic carbocycles. The van der Waals surface area contributed by atoms with E-state index < -0.39 is 70.6 Å². The van der Waals surface area contributed by atoms with Gasteiger partial charge in [-0.2, -0.15) is 52.7 Å². The van der Waals surface area contributed by atoms with E-state index in [-0.39, 0.29) is 91.4 Å². The van der Waals surface area contributed by atoms with Gasteiger partial charge in [0.1, 0.15) is 17.2 Å². The molecular weight excluding hydrogens is 1510 g/mol. The van der Waals surface area contributed by atoms with Gasteiger partial charge in [-0.1, -0.05) is 106 Å². The summed E-state index contributed by atoms with van der Waals surface area (Å²) in [4.78, 5) is 36.9. The van der Waals surface area contributed by atoms with Crippen LogP contribution in [0.1, 0.15) is 95.1 Å². The normalized spacial score (nSPS) is 18.1. The zero-order valence-electron chi connectivity index (χ0n) is 56.7. The highest BCUT2D eigenvalue weighted by atomic mass is 35.5. The number of anilines is 4. The van der Waals surface area contributed by atoms with Crippen molar-refractivity contribution in [2.75, 3.05) is 42.2 Å². The van der Waals surface area contributed by atoms with Gasteiger partial charge in [0.25, 0.3) is 17.0 Å². The molecule has 2 amide bonds. The lowest BCUT2D eigenvalue weighted by molar-refractivity contribution is -0.240. The Labute approximate surface area is 627 Å². The van der Waals surface area contributed by atoms with E-state index in [9.17, 15) is 72.2 Å². The number of ketones is 1. The third-order valence-electron chi connectivity index (χ3n) is 16.7. The van der Waals surface area contributed by atoms with E-state index in [0.29, 0.717) is 28.7 Å². The lowest BCUT2D eigenvalue weighted by Gasteiger charge is -2.40. The fourth-order valence-corrected chi connectivity index (χ4v) is 10.8. The Morgan fingerprint density at radius 3 is 1.42 bits per heavy atom. The van der Waals surface area contributed by atoms with Crippen molar-refractivity contribution in [2.24, 2.45) is 23.7 Å². The van der Waals surface area contributed by atoms with Crippen LogP contribution in [0.3, 0.4) is 0 Å². The predicted molar refractivity (Wildman–Crippen MR) is 381 cm³/mol. The maximum absolute atomic E-state index is 14.2. The molecule has 0 radical (unpaired) electrons. The number of amides is 2. The third-order valence-corrected chi connectivity index (χ3v) is 17.6. The van der Waals surface area contributed by atoms with Crippen LogP contribution in [0.25, 0.3) is 0 Å². The molecule has 107 heavy (non-hydrogen) atoms. The smallest absolute Gasteiger partial charge is 0.454 e. The molecule has 4 saturated carbocycles. The molecule has 0 unspecified atom stereocenters. The summed E-state index contributed by atoms with van der Waals surface area (Å²) in [5, 5.41) is 18.9. The van der Waals surface area contributed by atoms with Crippen molar-refractivity contribution in [3.63, 3.8) is 0 Å². The molecule has 13 rings (SSSR count). The second kappa shape index (κ2) is 34.0. The monoisotopic (exact) mass is 1570 g/mol. The number of fused-ring (bicyclic) bond motifs is 2. The number of nitrogens with one attached hydrogen (secondary N) is 3. The van der Waals surface area contributed by atoms with E-state index in [1.54, 1.807) is 79.9 Å². The summed E-state index contributed by atoms with van der Waals surface area (Å²) in [5.74, 6) is 17.2. The number of aliphatic hydroxyl groups is 1. The van der Waals surface area contributed by atoms with Crippen molar-refractivity contribution in [3.8, 4) is 65.1 Å². The van der Waals surface area contributed by atoms with Crippen LogP contribution in [0.15, 0.2) is 146 Å². The molecule has 7 aromatic rings. The number of carbonyl (C=O) groups excluding carboxylic acids is 3. The van der Waals surface area contributed by atoms with Crippen LogP contribution < -0.4 is 35.1 Å². The molecule has 0 bridgehead atoms. The van der Waals surface area contributed by atoms with Crippen molar-refractivity contribution in [1.82, 2.24) is 0 Å². The first-order valence-corrected chi connectivity index (χ1v) is 34.2. The first-order chi connectivity index (χ1) is 50.5. The van der Waals surface area contributed by atoms with Crippen molar-refractivity contribution in [1.29, 1.82) is 0 Å². The van der Waals surface area contributed by atoms with Gasteiger partial charge in [-0.15, -0.1) is 12.3 Å². The van der Waals surface area contributed by atoms with Crippen molar-refractivity contribution in [3.05, 3.63) is 205 Å². The highest BCUT2D eigenvalue weighted by Gasteiger charge is 2.64. The number of methoxy groups -OCH3 is 3. The summed E-state index contributed by atoms with van der Waals surface area (Å²) < 4.78 is 188. The quantitative estimate of drug-likeness (QED) is 0.0495. The number of ether oxygens (including phenoxy) is 5. The molecule has 2 heterocycles. The minimum atomic E-state index is -4.98. The van der Waals surface area contributed by atoms with Gasteiger partial charge < -0.3 is 39.4 Å². The number of benzene rings is 7. The summed E-state index contributed by atoms with van der Waals surface area (Å²) in [6.45, 7) is 0.522. The molecule has 562 valence electrons. The van der Waals surface area contributed by atoms with Gasteiger partial charge in [0.05, 0.1) is 44.8 Å². The van der Waals surface area contributed by atoms with Gasteiger partial charge in [0.15, 0.2) is 0 Å². The molecule has 4 N–H and O–H groups in total. The van der Waals surface area contributed by atoms with Crippen LogP contribution in [-0.4, -0.2) is 69.1 Å². The lowest BCUT2D eigenvalue weighted by Crippen LogP contribution is -2.52. The molecule has 0 spiro atoms. The van der Waals surface area contributed by atoms with Gasteiger partial charge >= 0.3 is 36.9 Å². The van der Waals surface area contributed by atoms with Crippen molar-refractivity contribution in [2.45, 2.75) is 113 Å². The molecule has 0 aromatic heterocycles. The molecule has 3 atom stereocenters. The van der Waals surface area contributed by atoms with E-state index in [2.05, 4.69) is 62.1 Å². The lowest BCUT2D eigenvalue weighted by atomic mass is 9.89. The zero-order chi connectivity index (χ0) is 77.9.